The molecule has 0 aliphatic carbocycles. The highest BCUT2D eigenvalue weighted by molar-refractivity contribution is 5.95. The van der Waals surface area contributed by atoms with Crippen LogP contribution in [-0.4, -0.2) is 13.0 Å². The van der Waals surface area contributed by atoms with Crippen molar-refractivity contribution >= 4 is 16.7 Å². The zero-order chi connectivity index (χ0) is 17.1. The van der Waals surface area contributed by atoms with E-state index in [1.807, 2.05) is 37.3 Å². The molecule has 0 spiro atoms. The second kappa shape index (κ2) is 6.58. The van der Waals surface area contributed by atoms with Gasteiger partial charge < -0.3 is 14.5 Å². The van der Waals surface area contributed by atoms with Crippen LogP contribution in [0.15, 0.2) is 57.7 Å². The first-order valence-corrected chi connectivity index (χ1v) is 7.53. The number of methoxy groups -OCH3 is 1. The molecule has 1 aromatic heterocycles. The Morgan fingerprint density at radius 3 is 2.75 bits per heavy atom. The molecule has 1 heterocycles. The number of rotatable bonds is 4. The summed E-state index contributed by atoms with van der Waals surface area (Å²) in [5.74, 6) is 0.236. The number of aryl methyl sites for hydroxylation is 1. The van der Waals surface area contributed by atoms with Crippen LogP contribution in [-0.2, 0) is 6.54 Å². The van der Waals surface area contributed by atoms with Gasteiger partial charge in [0.15, 0.2) is 5.76 Å². The van der Waals surface area contributed by atoms with Gasteiger partial charge in [-0.2, -0.15) is 0 Å². The summed E-state index contributed by atoms with van der Waals surface area (Å²) in [5, 5.41) is 3.89. The number of carbonyl (C=O) groups is 1. The molecule has 5 nitrogen and oxygen atoms in total. The summed E-state index contributed by atoms with van der Waals surface area (Å²) < 4.78 is 10.4. The van der Waals surface area contributed by atoms with Crippen LogP contribution >= 0.6 is 0 Å². The van der Waals surface area contributed by atoms with Crippen molar-refractivity contribution in [1.82, 2.24) is 5.32 Å². The fourth-order valence-corrected chi connectivity index (χ4v) is 2.52. The highest BCUT2D eigenvalue weighted by Crippen LogP contribution is 2.17. The second-order valence-electron chi connectivity index (χ2n) is 5.48. The van der Waals surface area contributed by atoms with Crippen LogP contribution in [0.5, 0.6) is 5.75 Å². The average Bonchev–Trinajstić information content (AvgIpc) is 2.60. The highest BCUT2D eigenvalue weighted by atomic mass is 16.5. The van der Waals surface area contributed by atoms with E-state index in [4.69, 9.17) is 9.15 Å². The van der Waals surface area contributed by atoms with Gasteiger partial charge in [0, 0.05) is 12.1 Å². The predicted octanol–water partition coefficient (Wildman–Crippen LogP) is 3.04. The van der Waals surface area contributed by atoms with Crippen LogP contribution in [0.2, 0.25) is 0 Å². The number of para-hydroxylation sites is 1. The van der Waals surface area contributed by atoms with Gasteiger partial charge in [0.05, 0.1) is 12.5 Å². The summed E-state index contributed by atoms with van der Waals surface area (Å²) in [6.07, 6.45) is 0. The molecule has 3 aromatic rings. The van der Waals surface area contributed by atoms with Gasteiger partial charge in [-0.05, 0) is 30.5 Å². The molecule has 122 valence electrons. The number of hydrogen-bond donors (Lipinski definition) is 1. The lowest BCUT2D eigenvalue weighted by molar-refractivity contribution is 0.0919. The maximum atomic E-state index is 12.3. The summed E-state index contributed by atoms with van der Waals surface area (Å²) in [6.45, 7) is 2.17. The third kappa shape index (κ3) is 3.15. The quantitative estimate of drug-likeness (QED) is 0.801. The van der Waals surface area contributed by atoms with E-state index in [0.29, 0.717) is 16.5 Å². The molecule has 0 aliphatic rings. The van der Waals surface area contributed by atoms with E-state index in [1.165, 1.54) is 0 Å². The van der Waals surface area contributed by atoms with Gasteiger partial charge in [0.1, 0.15) is 5.75 Å². The number of hydrogen-bond acceptors (Lipinski definition) is 4. The second-order valence-corrected chi connectivity index (χ2v) is 5.48. The minimum absolute atomic E-state index is 0.00810. The van der Waals surface area contributed by atoms with Crippen LogP contribution in [0.4, 0.5) is 0 Å². The van der Waals surface area contributed by atoms with Gasteiger partial charge in [-0.15, -0.1) is 0 Å². The number of nitrogens with one attached hydrogen (secondary N) is 1. The van der Waals surface area contributed by atoms with E-state index in [1.54, 1.807) is 25.3 Å². The number of carbonyl (C=O) groups excluding carboxylic acids is 1. The summed E-state index contributed by atoms with van der Waals surface area (Å²) in [6, 6.07) is 14.4. The normalized spacial score (nSPS) is 10.6. The van der Waals surface area contributed by atoms with Crippen LogP contribution in [0.3, 0.4) is 0 Å². The Hall–Kier alpha value is -3.08. The zero-order valence-corrected chi connectivity index (χ0v) is 13.5. The van der Waals surface area contributed by atoms with Gasteiger partial charge in [-0.1, -0.05) is 35.9 Å². The highest BCUT2D eigenvalue weighted by Gasteiger charge is 2.13. The third-order valence-electron chi connectivity index (χ3n) is 3.77. The first kappa shape index (κ1) is 15.8. The molecule has 0 unspecified atom stereocenters. The van der Waals surface area contributed by atoms with Crippen molar-refractivity contribution in [2.24, 2.45) is 0 Å². The summed E-state index contributed by atoms with van der Waals surface area (Å²) >= 11 is 0. The van der Waals surface area contributed by atoms with Crippen LogP contribution in [0.25, 0.3) is 10.8 Å². The summed E-state index contributed by atoms with van der Waals surface area (Å²) in [5.41, 5.74) is 1.29. The zero-order valence-electron chi connectivity index (χ0n) is 13.5. The summed E-state index contributed by atoms with van der Waals surface area (Å²) in [4.78, 5) is 24.4. The maximum absolute atomic E-state index is 12.3. The maximum Gasteiger partial charge on any atom is 0.344 e. The van der Waals surface area contributed by atoms with Crippen LogP contribution in [0.1, 0.15) is 21.7 Å². The molecule has 0 radical (unpaired) electrons. The fraction of sp³-hybridized carbons (Fsp3) is 0.158. The number of amides is 1. The molecule has 0 atom stereocenters. The first-order chi connectivity index (χ1) is 11.6. The van der Waals surface area contributed by atoms with Crippen molar-refractivity contribution in [3.63, 3.8) is 0 Å². The van der Waals surface area contributed by atoms with Gasteiger partial charge >= 0.3 is 5.63 Å². The van der Waals surface area contributed by atoms with Gasteiger partial charge in [-0.3, -0.25) is 4.79 Å². The molecule has 0 saturated carbocycles. The fourth-order valence-electron chi connectivity index (χ4n) is 2.52. The minimum Gasteiger partial charge on any atom is -0.496 e. The largest absolute Gasteiger partial charge is 0.496 e. The van der Waals surface area contributed by atoms with E-state index in [0.717, 1.165) is 11.1 Å². The van der Waals surface area contributed by atoms with Crippen molar-refractivity contribution in [2.45, 2.75) is 13.5 Å². The van der Waals surface area contributed by atoms with Crippen LogP contribution < -0.4 is 15.7 Å². The Balaban J connectivity index is 1.84. The first-order valence-electron chi connectivity index (χ1n) is 7.53. The minimum atomic E-state index is -0.515. The smallest absolute Gasteiger partial charge is 0.344 e. The molecule has 5 heteroatoms. The standard InChI is InChI=1S/C19H17NO4/c1-12-7-8-13-10-17(24-19(22)15(13)9-12)18(21)20-11-14-5-3-4-6-16(14)23-2/h3-10H,11H2,1-2H3,(H,20,21). The van der Waals surface area contributed by atoms with E-state index < -0.39 is 11.5 Å². The molecule has 1 amide bonds. The Morgan fingerprint density at radius 1 is 1.17 bits per heavy atom. The van der Waals surface area contributed by atoms with E-state index in [-0.39, 0.29) is 12.3 Å². The van der Waals surface area contributed by atoms with Gasteiger partial charge in [-0.25, -0.2) is 4.79 Å². The molecule has 0 saturated heterocycles. The number of fused-ring (bicyclic) bond motifs is 1. The van der Waals surface area contributed by atoms with Crippen molar-refractivity contribution in [1.29, 1.82) is 0 Å². The molecular formula is C19H17NO4. The molecular weight excluding hydrogens is 306 g/mol. The topological polar surface area (TPSA) is 68.5 Å². The molecule has 0 fully saturated rings. The molecule has 3 rings (SSSR count). The Kier molecular flexibility index (Phi) is 4.33. The van der Waals surface area contributed by atoms with Crippen molar-refractivity contribution in [3.05, 3.63) is 75.8 Å². The Morgan fingerprint density at radius 2 is 1.96 bits per heavy atom. The molecule has 0 aliphatic heterocycles. The molecule has 2 aromatic carbocycles. The predicted molar refractivity (Wildman–Crippen MR) is 91.4 cm³/mol. The van der Waals surface area contributed by atoms with E-state index in [2.05, 4.69) is 5.32 Å². The third-order valence-corrected chi connectivity index (χ3v) is 3.77. The Labute approximate surface area is 138 Å². The van der Waals surface area contributed by atoms with E-state index >= 15 is 0 Å². The van der Waals surface area contributed by atoms with Crippen LogP contribution in [0, 0.1) is 6.92 Å². The van der Waals surface area contributed by atoms with Crippen molar-refractivity contribution in [3.8, 4) is 5.75 Å². The van der Waals surface area contributed by atoms with E-state index in [9.17, 15) is 9.59 Å². The number of benzene rings is 2. The summed E-state index contributed by atoms with van der Waals surface area (Å²) in [7, 11) is 1.57. The molecule has 24 heavy (non-hydrogen) atoms. The Bertz CT molecular complexity index is 959. The van der Waals surface area contributed by atoms with Gasteiger partial charge in [0.2, 0.25) is 0 Å². The van der Waals surface area contributed by atoms with Crippen molar-refractivity contribution in [2.75, 3.05) is 7.11 Å². The lowest BCUT2D eigenvalue weighted by atomic mass is 10.1. The lowest BCUT2D eigenvalue weighted by Gasteiger charge is -2.09. The van der Waals surface area contributed by atoms with Gasteiger partial charge in [0.25, 0.3) is 5.91 Å². The number of ether oxygens (including phenoxy) is 1. The van der Waals surface area contributed by atoms with Crippen molar-refractivity contribution < 1.29 is 13.9 Å². The molecule has 0 bridgehead atoms. The molecule has 1 N–H and O–H groups in total. The monoisotopic (exact) mass is 323 g/mol. The average molecular weight is 323 g/mol. The lowest BCUT2D eigenvalue weighted by Crippen LogP contribution is -2.24. The SMILES string of the molecule is COc1ccccc1CNC(=O)c1cc2ccc(C)cc2c(=O)o1.